The van der Waals surface area contributed by atoms with Crippen LogP contribution in [-0.2, 0) is 10.2 Å². The number of benzene rings is 4. The molecule has 4 atom stereocenters. The van der Waals surface area contributed by atoms with Crippen molar-refractivity contribution in [3.8, 4) is 0 Å². The van der Waals surface area contributed by atoms with E-state index in [0.29, 0.717) is 21.8 Å². The number of fused-ring (bicyclic) bond motifs is 6. The number of nitrogens with one attached hydrogen (secondary N) is 1. The molecule has 1 saturated heterocycles. The van der Waals surface area contributed by atoms with Crippen LogP contribution in [0, 0.1) is 11.7 Å². The predicted molar refractivity (Wildman–Crippen MR) is 157 cm³/mol. The third-order valence-corrected chi connectivity index (χ3v) is 8.94. The average Bonchev–Trinajstić information content (AvgIpc) is 3.45. The molecular weight excluding hydrogens is 539 g/mol. The molecule has 1 N–H and O–H groups in total. The van der Waals surface area contributed by atoms with Gasteiger partial charge in [0.15, 0.2) is 11.6 Å². The van der Waals surface area contributed by atoms with Crippen LogP contribution in [0.5, 0.6) is 0 Å². The van der Waals surface area contributed by atoms with Crippen LogP contribution < -0.4 is 10.2 Å². The maximum absolute atomic E-state index is 14.7. The lowest BCUT2D eigenvalue weighted by Crippen LogP contribution is -2.51. The maximum atomic E-state index is 14.7. The summed E-state index contributed by atoms with van der Waals surface area (Å²) in [7, 11) is 0. The van der Waals surface area contributed by atoms with Crippen molar-refractivity contribution >= 4 is 46.0 Å². The van der Waals surface area contributed by atoms with Crippen LogP contribution in [0.25, 0.3) is 5.57 Å². The zero-order chi connectivity index (χ0) is 28.5. The average molecular weight is 563 g/mol. The first-order chi connectivity index (χ1) is 19.8. The number of carbonyl (C=O) groups is 3. The zero-order valence-electron chi connectivity index (χ0n) is 22.0. The first-order valence-corrected chi connectivity index (χ1v) is 13.8. The van der Waals surface area contributed by atoms with Crippen LogP contribution in [-0.4, -0.2) is 29.6 Å². The van der Waals surface area contributed by atoms with E-state index in [-0.39, 0.29) is 17.3 Å². The number of halogens is 2. The van der Waals surface area contributed by atoms with Gasteiger partial charge in [0.05, 0.1) is 12.0 Å². The largest absolute Gasteiger partial charge is 0.352 e. The van der Waals surface area contributed by atoms with Gasteiger partial charge in [-0.1, -0.05) is 54.1 Å². The number of allylic oxidation sites excluding steroid dienone is 1. The lowest BCUT2D eigenvalue weighted by atomic mass is 9.64. The molecule has 4 aromatic rings. The molecule has 0 unspecified atom stereocenters. The number of amides is 1. The van der Waals surface area contributed by atoms with Gasteiger partial charge in [0.25, 0.3) is 0 Å². The summed E-state index contributed by atoms with van der Waals surface area (Å²) in [5.41, 5.74) is 3.10. The summed E-state index contributed by atoms with van der Waals surface area (Å²) in [5.74, 6) is -2.65. The molecule has 3 heterocycles. The molecule has 0 saturated carbocycles. The normalized spacial score (nSPS) is 23.9. The monoisotopic (exact) mass is 562 g/mol. The number of Topliss-reactive ketones (excluding diaryl/α,β-unsaturated/α-hetero) is 2. The minimum absolute atomic E-state index is 0.232. The van der Waals surface area contributed by atoms with E-state index in [1.54, 1.807) is 24.3 Å². The van der Waals surface area contributed by atoms with E-state index in [2.05, 4.69) is 5.32 Å². The molecular formula is C34H24ClFN2O3. The molecule has 0 radical (unpaired) electrons. The second kappa shape index (κ2) is 9.25. The van der Waals surface area contributed by atoms with Crippen LogP contribution in [0.1, 0.15) is 38.8 Å². The van der Waals surface area contributed by atoms with Crippen molar-refractivity contribution < 1.29 is 18.8 Å². The third kappa shape index (κ3) is 3.57. The summed E-state index contributed by atoms with van der Waals surface area (Å²) in [6, 6.07) is 25.2. The van der Waals surface area contributed by atoms with Crippen LogP contribution in [0.3, 0.4) is 0 Å². The first kappa shape index (κ1) is 25.4. The van der Waals surface area contributed by atoms with Crippen molar-refractivity contribution in [2.45, 2.75) is 24.4 Å². The Kier molecular flexibility index (Phi) is 5.73. The Hall–Kier alpha value is -4.55. The molecule has 0 aliphatic carbocycles. The van der Waals surface area contributed by atoms with E-state index < -0.39 is 35.0 Å². The highest BCUT2D eigenvalue weighted by atomic mass is 35.5. The summed E-state index contributed by atoms with van der Waals surface area (Å²) in [5, 5.41) is 3.50. The number of hydrogen-bond acceptors (Lipinski definition) is 4. The second-order valence-corrected chi connectivity index (χ2v) is 11.2. The maximum Gasteiger partial charge on any atom is 0.238 e. The number of para-hydroxylation sites is 2. The number of carbonyl (C=O) groups excluding carboxylic acids is 3. The summed E-state index contributed by atoms with van der Waals surface area (Å²) < 4.78 is 13.9. The van der Waals surface area contributed by atoms with Crippen molar-refractivity contribution in [3.05, 3.63) is 136 Å². The lowest BCUT2D eigenvalue weighted by Gasteiger charge is -2.39. The first-order valence-electron chi connectivity index (χ1n) is 13.4. The smallest absolute Gasteiger partial charge is 0.238 e. The number of anilines is 2. The minimum atomic E-state index is -1.43. The molecule has 1 fully saturated rings. The fourth-order valence-electron chi connectivity index (χ4n) is 6.97. The van der Waals surface area contributed by atoms with Gasteiger partial charge in [-0.3, -0.25) is 14.4 Å². The highest BCUT2D eigenvalue weighted by Crippen LogP contribution is 2.58. The third-order valence-electron chi connectivity index (χ3n) is 8.69. The molecule has 202 valence electrons. The van der Waals surface area contributed by atoms with Gasteiger partial charge >= 0.3 is 0 Å². The van der Waals surface area contributed by atoms with Gasteiger partial charge in [-0.25, -0.2) is 4.39 Å². The quantitative estimate of drug-likeness (QED) is 0.280. The van der Waals surface area contributed by atoms with E-state index in [1.165, 1.54) is 24.3 Å². The molecule has 41 heavy (non-hydrogen) atoms. The highest BCUT2D eigenvalue weighted by Gasteiger charge is 2.70. The number of ketones is 2. The summed E-state index contributed by atoms with van der Waals surface area (Å²) in [6.07, 6.45) is 2.00. The number of hydrogen-bond donors (Lipinski definition) is 1. The van der Waals surface area contributed by atoms with Gasteiger partial charge in [-0.05, 0) is 78.7 Å². The lowest BCUT2D eigenvalue weighted by molar-refractivity contribution is -0.121. The van der Waals surface area contributed by atoms with Gasteiger partial charge < -0.3 is 10.2 Å². The Labute approximate surface area is 241 Å². The molecule has 7 heteroatoms. The molecule has 0 bridgehead atoms. The van der Waals surface area contributed by atoms with Gasteiger partial charge in [0.1, 0.15) is 17.3 Å². The topological polar surface area (TPSA) is 66.5 Å². The van der Waals surface area contributed by atoms with Gasteiger partial charge in [0, 0.05) is 33.1 Å². The standard InChI is InChI=1S/C34H24ClFN2O3/c1-19-18-28-34(25-7-3-4-8-26(25)37-33(34)41)29(31(39)20-12-16-23(36)17-13-20)30(32(40)21-10-14-22(35)15-11-21)38(28)27-9-5-2-6-24(19)27/h2-18,28-30H,1H3,(H,37,41)/t28-,29-,30-,34+/m0/s1. The van der Waals surface area contributed by atoms with Crippen molar-refractivity contribution in [2.24, 2.45) is 5.92 Å². The van der Waals surface area contributed by atoms with E-state index in [1.807, 2.05) is 66.4 Å². The van der Waals surface area contributed by atoms with Crippen molar-refractivity contribution in [1.82, 2.24) is 0 Å². The summed E-state index contributed by atoms with van der Waals surface area (Å²) in [6.45, 7) is 1.98. The van der Waals surface area contributed by atoms with Gasteiger partial charge in [0.2, 0.25) is 5.91 Å². The zero-order valence-corrected chi connectivity index (χ0v) is 22.7. The molecule has 1 spiro atoms. The van der Waals surface area contributed by atoms with Crippen LogP contribution in [0.15, 0.2) is 103 Å². The van der Waals surface area contributed by atoms with E-state index >= 15 is 0 Å². The second-order valence-electron chi connectivity index (χ2n) is 10.8. The molecule has 4 aromatic carbocycles. The summed E-state index contributed by atoms with van der Waals surface area (Å²) >= 11 is 6.15. The van der Waals surface area contributed by atoms with Crippen molar-refractivity contribution in [1.29, 1.82) is 0 Å². The van der Waals surface area contributed by atoms with Gasteiger partial charge in [-0.15, -0.1) is 0 Å². The van der Waals surface area contributed by atoms with Crippen LogP contribution in [0.2, 0.25) is 5.02 Å². The van der Waals surface area contributed by atoms with E-state index in [0.717, 1.165) is 16.8 Å². The highest BCUT2D eigenvalue weighted by molar-refractivity contribution is 6.30. The van der Waals surface area contributed by atoms with E-state index in [4.69, 9.17) is 11.6 Å². The molecule has 0 aromatic heterocycles. The van der Waals surface area contributed by atoms with Crippen molar-refractivity contribution in [2.75, 3.05) is 10.2 Å². The Bertz CT molecular complexity index is 1780. The number of rotatable bonds is 4. The minimum Gasteiger partial charge on any atom is -0.352 e. The number of nitrogens with zero attached hydrogens (tertiary/aromatic N) is 1. The summed E-state index contributed by atoms with van der Waals surface area (Å²) in [4.78, 5) is 45.6. The molecule has 3 aliphatic heterocycles. The fraction of sp³-hybridized carbons (Fsp3) is 0.147. The Morgan fingerprint density at radius 2 is 1.49 bits per heavy atom. The predicted octanol–water partition coefficient (Wildman–Crippen LogP) is 6.73. The molecule has 3 aliphatic rings. The van der Waals surface area contributed by atoms with Crippen LogP contribution >= 0.6 is 11.6 Å². The van der Waals surface area contributed by atoms with Gasteiger partial charge in [-0.2, -0.15) is 0 Å². The van der Waals surface area contributed by atoms with E-state index in [9.17, 15) is 18.8 Å². The van der Waals surface area contributed by atoms with Crippen LogP contribution in [0.4, 0.5) is 15.8 Å². The molecule has 1 amide bonds. The molecule has 5 nitrogen and oxygen atoms in total. The van der Waals surface area contributed by atoms with Crippen molar-refractivity contribution in [3.63, 3.8) is 0 Å². The molecule has 7 rings (SSSR count). The Balaban J connectivity index is 1.55. The SMILES string of the molecule is CC1=C[C@@H]2N(c3ccccc31)[C@H](C(=O)c1ccc(Cl)cc1)[C@@H](C(=O)c1ccc(F)cc1)[C@]21C(=O)Nc2ccccc21. The fourth-order valence-corrected chi connectivity index (χ4v) is 7.09. The Morgan fingerprint density at radius 1 is 0.854 bits per heavy atom. The Morgan fingerprint density at radius 3 is 2.24 bits per heavy atom.